The van der Waals surface area contributed by atoms with Gasteiger partial charge in [0.05, 0.1) is 6.10 Å². The predicted molar refractivity (Wildman–Crippen MR) is 57.5 cm³/mol. The molecule has 0 aromatic heterocycles. The van der Waals surface area contributed by atoms with Crippen LogP contribution < -0.4 is 0 Å². The maximum Gasteiger partial charge on any atom is 0.302 e. The summed E-state index contributed by atoms with van der Waals surface area (Å²) in [7, 11) is 0. The summed E-state index contributed by atoms with van der Waals surface area (Å²) in [6.45, 7) is 7.01. The first kappa shape index (κ1) is 12.5. The van der Waals surface area contributed by atoms with Crippen molar-refractivity contribution in [2.75, 3.05) is 13.1 Å². The largest absolute Gasteiger partial charge is 0.461 e. The number of rotatable bonds is 2. The van der Waals surface area contributed by atoms with E-state index in [1.807, 2.05) is 0 Å². The van der Waals surface area contributed by atoms with Crippen molar-refractivity contribution >= 4 is 5.97 Å². The second-order valence-corrected chi connectivity index (χ2v) is 4.51. The van der Waals surface area contributed by atoms with Crippen molar-refractivity contribution in [3.8, 4) is 0 Å². The van der Waals surface area contributed by atoms with Crippen molar-refractivity contribution in [2.45, 2.75) is 51.9 Å². The fourth-order valence-corrected chi connectivity index (χ4v) is 1.92. The summed E-state index contributed by atoms with van der Waals surface area (Å²) in [5.41, 5.74) is 0. The van der Waals surface area contributed by atoms with Crippen molar-refractivity contribution in [3.63, 3.8) is 0 Å². The zero-order valence-electron chi connectivity index (χ0n) is 9.77. The Morgan fingerprint density at radius 1 is 1.40 bits per heavy atom. The summed E-state index contributed by atoms with van der Waals surface area (Å²) in [5.74, 6) is -0.236. The van der Waals surface area contributed by atoms with Crippen molar-refractivity contribution < 1.29 is 14.6 Å². The molecule has 88 valence electrons. The topological polar surface area (TPSA) is 49.8 Å². The van der Waals surface area contributed by atoms with Crippen molar-refractivity contribution in [1.82, 2.24) is 4.90 Å². The molecule has 0 aromatic rings. The molecular weight excluding hydrogens is 194 g/mol. The SMILES string of the molecule is CC(=O)OC1CCC(O)CN(C(C)C)C1. The highest BCUT2D eigenvalue weighted by atomic mass is 16.5. The quantitative estimate of drug-likeness (QED) is 0.692. The third kappa shape index (κ3) is 4.18. The first-order valence-corrected chi connectivity index (χ1v) is 5.58. The summed E-state index contributed by atoms with van der Waals surface area (Å²) in [6, 6.07) is 0.371. The average molecular weight is 215 g/mol. The van der Waals surface area contributed by atoms with E-state index in [1.165, 1.54) is 6.92 Å². The lowest BCUT2D eigenvalue weighted by Crippen LogP contribution is -2.40. The molecule has 15 heavy (non-hydrogen) atoms. The van der Waals surface area contributed by atoms with Gasteiger partial charge in [0.1, 0.15) is 6.10 Å². The molecule has 1 heterocycles. The number of esters is 1. The van der Waals surface area contributed by atoms with Crippen LogP contribution in [0, 0.1) is 0 Å². The van der Waals surface area contributed by atoms with Gasteiger partial charge < -0.3 is 9.84 Å². The van der Waals surface area contributed by atoms with Gasteiger partial charge in [0.2, 0.25) is 0 Å². The molecule has 0 aromatic carbocycles. The van der Waals surface area contributed by atoms with Gasteiger partial charge in [-0.15, -0.1) is 0 Å². The Morgan fingerprint density at radius 3 is 2.60 bits per heavy atom. The fourth-order valence-electron chi connectivity index (χ4n) is 1.92. The van der Waals surface area contributed by atoms with Gasteiger partial charge in [-0.05, 0) is 26.7 Å². The molecule has 4 nitrogen and oxygen atoms in total. The van der Waals surface area contributed by atoms with E-state index in [-0.39, 0.29) is 18.2 Å². The lowest BCUT2D eigenvalue weighted by molar-refractivity contribution is -0.147. The Morgan fingerprint density at radius 2 is 2.07 bits per heavy atom. The van der Waals surface area contributed by atoms with Crippen LogP contribution in [0.15, 0.2) is 0 Å². The van der Waals surface area contributed by atoms with Crippen molar-refractivity contribution in [1.29, 1.82) is 0 Å². The standard InChI is InChI=1S/C11H21NO3/c1-8(2)12-6-10(14)4-5-11(7-12)15-9(3)13/h8,10-11,14H,4-7H2,1-3H3. The number of ether oxygens (including phenoxy) is 1. The molecule has 0 saturated carbocycles. The number of carbonyl (C=O) groups is 1. The number of aliphatic hydroxyl groups excluding tert-OH is 1. The van der Waals surface area contributed by atoms with E-state index in [2.05, 4.69) is 18.7 Å². The molecule has 1 rings (SSSR count). The monoisotopic (exact) mass is 215 g/mol. The van der Waals surface area contributed by atoms with Crippen molar-refractivity contribution in [2.24, 2.45) is 0 Å². The Bertz CT molecular complexity index is 218. The van der Waals surface area contributed by atoms with E-state index >= 15 is 0 Å². The third-order valence-corrected chi connectivity index (χ3v) is 2.77. The van der Waals surface area contributed by atoms with Crippen molar-refractivity contribution in [3.05, 3.63) is 0 Å². The molecule has 0 bridgehead atoms. The molecule has 1 aliphatic rings. The summed E-state index contributed by atoms with van der Waals surface area (Å²) in [6.07, 6.45) is 1.10. The highest BCUT2D eigenvalue weighted by Crippen LogP contribution is 2.16. The lowest BCUT2D eigenvalue weighted by atomic mass is 10.1. The fraction of sp³-hybridized carbons (Fsp3) is 0.909. The molecule has 0 radical (unpaired) electrons. The van der Waals surface area contributed by atoms with Gasteiger partial charge in [0.25, 0.3) is 0 Å². The molecule has 1 fully saturated rings. The molecule has 1 N–H and O–H groups in total. The van der Waals surface area contributed by atoms with E-state index in [1.54, 1.807) is 0 Å². The van der Waals surface area contributed by atoms with Crippen LogP contribution in [0.4, 0.5) is 0 Å². The first-order chi connectivity index (χ1) is 6.99. The minimum atomic E-state index is -0.298. The van der Waals surface area contributed by atoms with Gasteiger partial charge in [-0.2, -0.15) is 0 Å². The number of hydrogen-bond acceptors (Lipinski definition) is 4. The zero-order valence-corrected chi connectivity index (χ0v) is 9.77. The molecule has 0 aliphatic carbocycles. The van der Waals surface area contributed by atoms with Gasteiger partial charge >= 0.3 is 5.97 Å². The number of likely N-dealkylation sites (tertiary alicyclic amines) is 1. The van der Waals surface area contributed by atoms with Gasteiger partial charge in [0, 0.05) is 26.1 Å². The Labute approximate surface area is 91.2 Å². The van der Waals surface area contributed by atoms with E-state index in [0.29, 0.717) is 19.0 Å². The van der Waals surface area contributed by atoms with Gasteiger partial charge in [-0.1, -0.05) is 0 Å². The summed E-state index contributed by atoms with van der Waals surface area (Å²) in [5, 5.41) is 9.68. The highest BCUT2D eigenvalue weighted by molar-refractivity contribution is 5.66. The van der Waals surface area contributed by atoms with Crippen LogP contribution in [-0.2, 0) is 9.53 Å². The Balaban J connectivity index is 2.56. The van der Waals surface area contributed by atoms with E-state index in [4.69, 9.17) is 4.74 Å². The summed E-state index contributed by atoms with van der Waals surface area (Å²) < 4.78 is 5.21. The van der Waals surface area contributed by atoms with Crippen LogP contribution in [0.25, 0.3) is 0 Å². The van der Waals surface area contributed by atoms with E-state index in [0.717, 1.165) is 13.0 Å². The highest BCUT2D eigenvalue weighted by Gasteiger charge is 2.25. The molecule has 0 amide bonds. The second-order valence-electron chi connectivity index (χ2n) is 4.51. The minimum Gasteiger partial charge on any atom is -0.461 e. The van der Waals surface area contributed by atoms with Gasteiger partial charge in [0.15, 0.2) is 0 Å². The number of carbonyl (C=O) groups excluding carboxylic acids is 1. The maximum atomic E-state index is 10.9. The van der Waals surface area contributed by atoms with E-state index in [9.17, 15) is 9.90 Å². The normalized spacial score (nSPS) is 28.9. The van der Waals surface area contributed by atoms with Gasteiger partial charge in [-0.25, -0.2) is 0 Å². The van der Waals surface area contributed by atoms with Gasteiger partial charge in [-0.3, -0.25) is 9.69 Å². The second kappa shape index (κ2) is 5.47. The molecule has 1 saturated heterocycles. The molecule has 2 atom stereocenters. The molecule has 4 heteroatoms. The smallest absolute Gasteiger partial charge is 0.302 e. The minimum absolute atomic E-state index is 0.0675. The van der Waals surface area contributed by atoms with Crippen LogP contribution in [0.2, 0.25) is 0 Å². The van der Waals surface area contributed by atoms with Crippen LogP contribution >= 0.6 is 0 Å². The zero-order chi connectivity index (χ0) is 11.4. The number of aliphatic hydroxyl groups is 1. The Hall–Kier alpha value is -0.610. The molecule has 1 aliphatic heterocycles. The average Bonchev–Trinajstić information content (AvgIpc) is 2.27. The third-order valence-electron chi connectivity index (χ3n) is 2.77. The summed E-state index contributed by atoms with van der Waals surface area (Å²) in [4.78, 5) is 13.0. The van der Waals surface area contributed by atoms with Crippen LogP contribution in [0.3, 0.4) is 0 Å². The molecule has 2 unspecified atom stereocenters. The molecular formula is C11H21NO3. The maximum absolute atomic E-state index is 10.9. The number of hydrogen-bond donors (Lipinski definition) is 1. The van der Waals surface area contributed by atoms with E-state index < -0.39 is 0 Å². The Kier molecular flexibility index (Phi) is 4.54. The first-order valence-electron chi connectivity index (χ1n) is 5.58. The number of β-amino-alcohol motifs (C(OH)–C–C–N with tert-alkyl or cyclic N) is 1. The van der Waals surface area contributed by atoms with Crippen LogP contribution in [-0.4, -0.2) is 47.3 Å². The lowest BCUT2D eigenvalue weighted by Gasteiger charge is -2.28. The van der Waals surface area contributed by atoms with Crippen LogP contribution in [0.5, 0.6) is 0 Å². The summed E-state index contributed by atoms with van der Waals surface area (Å²) >= 11 is 0. The number of nitrogens with zero attached hydrogens (tertiary/aromatic N) is 1. The van der Waals surface area contributed by atoms with Crippen LogP contribution in [0.1, 0.15) is 33.6 Å². The predicted octanol–water partition coefficient (Wildman–Crippen LogP) is 0.783. The molecule has 0 spiro atoms.